The number of aromatic nitrogens is 6. The first-order chi connectivity index (χ1) is 13.6. The highest BCUT2D eigenvalue weighted by Gasteiger charge is 2.28. The fourth-order valence-corrected chi connectivity index (χ4v) is 4.30. The number of fused-ring (bicyclic) bond motifs is 1. The van der Waals surface area contributed by atoms with E-state index in [1.807, 2.05) is 26.0 Å². The van der Waals surface area contributed by atoms with Crippen molar-refractivity contribution in [2.24, 2.45) is 5.92 Å². The summed E-state index contributed by atoms with van der Waals surface area (Å²) in [5.41, 5.74) is 2.92. The Morgan fingerprint density at radius 1 is 1.32 bits per heavy atom. The molecule has 0 saturated heterocycles. The molecule has 9 nitrogen and oxygen atoms in total. The average Bonchev–Trinajstić information content (AvgIpc) is 3.23. The second-order valence-corrected chi connectivity index (χ2v) is 7.51. The highest BCUT2D eigenvalue weighted by molar-refractivity contribution is 7.99. The van der Waals surface area contributed by atoms with E-state index in [4.69, 9.17) is 0 Å². The summed E-state index contributed by atoms with van der Waals surface area (Å²) in [6.45, 7) is 4.15. The van der Waals surface area contributed by atoms with Crippen LogP contribution in [0.2, 0.25) is 0 Å². The van der Waals surface area contributed by atoms with Gasteiger partial charge >= 0.3 is 0 Å². The molecule has 28 heavy (non-hydrogen) atoms. The van der Waals surface area contributed by atoms with E-state index in [9.17, 15) is 9.59 Å². The Morgan fingerprint density at radius 2 is 2.11 bits per heavy atom. The molecule has 3 aromatic rings. The minimum absolute atomic E-state index is 0.0409. The molecule has 144 valence electrons. The molecule has 1 aliphatic heterocycles. The lowest BCUT2D eigenvalue weighted by Crippen LogP contribution is -2.38. The van der Waals surface area contributed by atoms with Crippen molar-refractivity contribution < 1.29 is 4.79 Å². The smallest absolute Gasteiger partial charge is 0.257 e. The van der Waals surface area contributed by atoms with E-state index < -0.39 is 0 Å². The van der Waals surface area contributed by atoms with Crippen LogP contribution in [0.4, 0.5) is 5.69 Å². The maximum absolute atomic E-state index is 12.7. The number of nitrogens with one attached hydrogen (secondary N) is 1. The molecule has 1 N–H and O–H groups in total. The molecule has 2 aromatic heterocycles. The summed E-state index contributed by atoms with van der Waals surface area (Å²) in [5.74, 6) is 0.175. The van der Waals surface area contributed by atoms with Crippen molar-refractivity contribution in [1.29, 1.82) is 0 Å². The standard InChI is InChI=1S/C18H19N7O2S/c1-3-15-11(2)20-18-24(17(15)27)8-12(9-28-18)16(26)21-13-4-6-14(7-5-13)25-10-19-22-23-25/h4-7,10,12H,3,8-9H2,1-2H3,(H,21,26)/t12-/m1/s1. The highest BCUT2D eigenvalue weighted by atomic mass is 32.2. The molecule has 1 aliphatic rings. The Balaban J connectivity index is 1.49. The zero-order valence-corrected chi connectivity index (χ0v) is 16.3. The van der Waals surface area contributed by atoms with E-state index in [0.717, 1.165) is 11.4 Å². The molecular weight excluding hydrogens is 378 g/mol. The number of anilines is 1. The summed E-state index contributed by atoms with van der Waals surface area (Å²) >= 11 is 1.45. The van der Waals surface area contributed by atoms with Crippen molar-refractivity contribution in [2.75, 3.05) is 11.1 Å². The Labute approximate surface area is 165 Å². The average molecular weight is 397 g/mol. The second-order valence-electron chi connectivity index (χ2n) is 6.53. The Bertz CT molecular complexity index is 1060. The molecule has 0 saturated carbocycles. The van der Waals surface area contributed by atoms with Crippen LogP contribution in [-0.4, -0.2) is 41.4 Å². The van der Waals surface area contributed by atoms with Crippen molar-refractivity contribution in [3.8, 4) is 5.69 Å². The van der Waals surface area contributed by atoms with E-state index in [1.165, 1.54) is 22.8 Å². The zero-order chi connectivity index (χ0) is 19.7. The van der Waals surface area contributed by atoms with Crippen LogP contribution in [0.1, 0.15) is 18.2 Å². The number of rotatable bonds is 4. The monoisotopic (exact) mass is 397 g/mol. The molecule has 1 atom stereocenters. The van der Waals surface area contributed by atoms with Crippen LogP contribution >= 0.6 is 11.8 Å². The Hall–Kier alpha value is -3.01. The molecule has 0 aliphatic carbocycles. The SMILES string of the molecule is CCc1c(C)nc2n(c1=O)C[C@@H](C(=O)Nc1ccc(-n3cnnn3)cc1)CS2. The van der Waals surface area contributed by atoms with E-state index in [2.05, 4.69) is 25.8 Å². The van der Waals surface area contributed by atoms with Gasteiger partial charge in [0, 0.05) is 29.2 Å². The fourth-order valence-electron chi connectivity index (χ4n) is 3.18. The van der Waals surface area contributed by atoms with Crippen LogP contribution in [0.25, 0.3) is 5.69 Å². The third kappa shape index (κ3) is 3.42. The number of amides is 1. The molecule has 0 unspecified atom stereocenters. The normalized spacial score (nSPS) is 15.9. The molecular formula is C18H19N7O2S. The zero-order valence-electron chi connectivity index (χ0n) is 15.5. The maximum atomic E-state index is 12.7. The van der Waals surface area contributed by atoms with Gasteiger partial charge in [-0.1, -0.05) is 18.7 Å². The predicted molar refractivity (Wildman–Crippen MR) is 105 cm³/mol. The number of hydrogen-bond donors (Lipinski definition) is 1. The van der Waals surface area contributed by atoms with Crippen molar-refractivity contribution in [3.63, 3.8) is 0 Å². The van der Waals surface area contributed by atoms with Gasteiger partial charge in [0.1, 0.15) is 6.33 Å². The number of carbonyl (C=O) groups excluding carboxylic acids is 1. The quantitative estimate of drug-likeness (QED) is 0.664. The van der Waals surface area contributed by atoms with E-state index in [0.29, 0.717) is 35.1 Å². The van der Waals surface area contributed by atoms with E-state index >= 15 is 0 Å². The highest BCUT2D eigenvalue weighted by Crippen LogP contribution is 2.27. The van der Waals surface area contributed by atoms with Gasteiger partial charge in [0.15, 0.2) is 5.16 Å². The predicted octanol–water partition coefficient (Wildman–Crippen LogP) is 1.45. The topological polar surface area (TPSA) is 108 Å². The summed E-state index contributed by atoms with van der Waals surface area (Å²) in [6.07, 6.45) is 2.13. The first-order valence-corrected chi connectivity index (χ1v) is 9.92. The third-order valence-corrected chi connectivity index (χ3v) is 5.86. The Morgan fingerprint density at radius 3 is 2.79 bits per heavy atom. The minimum atomic E-state index is -0.302. The van der Waals surface area contributed by atoms with E-state index in [-0.39, 0.29) is 17.4 Å². The van der Waals surface area contributed by atoms with E-state index in [1.54, 1.807) is 16.7 Å². The van der Waals surface area contributed by atoms with Crippen molar-refractivity contribution >= 4 is 23.4 Å². The second kappa shape index (κ2) is 7.55. The van der Waals surface area contributed by atoms with Crippen LogP contribution < -0.4 is 10.9 Å². The lowest BCUT2D eigenvalue weighted by Gasteiger charge is -2.25. The summed E-state index contributed by atoms with van der Waals surface area (Å²) < 4.78 is 3.16. The molecule has 4 rings (SSSR count). The lowest BCUT2D eigenvalue weighted by atomic mass is 10.1. The summed E-state index contributed by atoms with van der Waals surface area (Å²) in [6, 6.07) is 7.24. The third-order valence-electron chi connectivity index (χ3n) is 4.72. The van der Waals surface area contributed by atoms with Gasteiger partial charge in [-0.05, 0) is 48.0 Å². The van der Waals surface area contributed by atoms with Crippen LogP contribution in [0.15, 0.2) is 40.5 Å². The van der Waals surface area contributed by atoms with Gasteiger partial charge in [0.2, 0.25) is 5.91 Å². The molecule has 1 aromatic carbocycles. The van der Waals surface area contributed by atoms with Gasteiger partial charge in [0.05, 0.1) is 11.6 Å². The van der Waals surface area contributed by atoms with Crippen LogP contribution in [-0.2, 0) is 17.8 Å². The molecule has 0 radical (unpaired) electrons. The number of nitrogens with zero attached hydrogens (tertiary/aromatic N) is 6. The summed E-state index contributed by atoms with van der Waals surface area (Å²) in [7, 11) is 0. The number of hydrogen-bond acceptors (Lipinski definition) is 7. The first-order valence-electron chi connectivity index (χ1n) is 8.94. The van der Waals surface area contributed by atoms with Crippen molar-refractivity contribution in [3.05, 3.63) is 52.2 Å². The lowest BCUT2D eigenvalue weighted by molar-refractivity contribution is -0.119. The van der Waals surface area contributed by atoms with Crippen LogP contribution in [0.5, 0.6) is 0 Å². The van der Waals surface area contributed by atoms with Crippen LogP contribution in [0, 0.1) is 12.8 Å². The maximum Gasteiger partial charge on any atom is 0.257 e. The van der Waals surface area contributed by atoms with Crippen molar-refractivity contribution in [1.82, 2.24) is 29.8 Å². The Kier molecular flexibility index (Phi) is 4.95. The fraction of sp³-hybridized carbons (Fsp3) is 0.333. The van der Waals surface area contributed by atoms with Crippen LogP contribution in [0.3, 0.4) is 0 Å². The summed E-state index contributed by atoms with van der Waals surface area (Å²) in [4.78, 5) is 30.0. The largest absolute Gasteiger partial charge is 0.326 e. The number of tetrazole rings is 1. The van der Waals surface area contributed by atoms with Gasteiger partial charge in [-0.3, -0.25) is 14.2 Å². The number of benzene rings is 1. The molecule has 3 heterocycles. The van der Waals surface area contributed by atoms with Gasteiger partial charge in [-0.15, -0.1) is 5.10 Å². The van der Waals surface area contributed by atoms with Gasteiger partial charge in [0.25, 0.3) is 5.56 Å². The minimum Gasteiger partial charge on any atom is -0.326 e. The molecule has 0 spiro atoms. The molecule has 0 bridgehead atoms. The molecule has 0 fully saturated rings. The number of carbonyl (C=O) groups is 1. The molecule has 1 amide bonds. The molecule has 10 heteroatoms. The summed E-state index contributed by atoms with van der Waals surface area (Å²) in [5, 5.41) is 14.6. The number of aryl methyl sites for hydroxylation is 1. The first kappa shape index (κ1) is 18.4. The number of thioether (sulfide) groups is 1. The van der Waals surface area contributed by atoms with Gasteiger partial charge in [-0.25, -0.2) is 9.67 Å². The van der Waals surface area contributed by atoms with Gasteiger partial charge < -0.3 is 5.32 Å². The van der Waals surface area contributed by atoms with Gasteiger partial charge in [-0.2, -0.15) is 0 Å². The van der Waals surface area contributed by atoms with Crippen molar-refractivity contribution in [2.45, 2.75) is 32.0 Å².